The van der Waals surface area contributed by atoms with Gasteiger partial charge in [-0.2, -0.15) is 0 Å². The van der Waals surface area contributed by atoms with Crippen molar-refractivity contribution in [1.29, 1.82) is 0 Å². The fourth-order valence-corrected chi connectivity index (χ4v) is 4.54. The maximum Gasteiger partial charge on any atom is 0.254 e. The van der Waals surface area contributed by atoms with Crippen molar-refractivity contribution in [2.45, 2.75) is 64.3 Å². The number of allylic oxidation sites excluding steroid dienone is 3. The number of rotatable bonds is 2. The van der Waals surface area contributed by atoms with E-state index in [1.54, 1.807) is 0 Å². The van der Waals surface area contributed by atoms with Crippen LogP contribution in [0.15, 0.2) is 35.6 Å². The fourth-order valence-electron chi connectivity index (χ4n) is 4.54. The molecule has 126 valence electrons. The summed E-state index contributed by atoms with van der Waals surface area (Å²) in [5.74, 6) is 0.231. The van der Waals surface area contributed by atoms with Crippen molar-refractivity contribution in [3.63, 3.8) is 0 Å². The summed E-state index contributed by atoms with van der Waals surface area (Å²) in [6.07, 6.45) is 17.7. The third kappa shape index (κ3) is 3.39. The van der Waals surface area contributed by atoms with Crippen LogP contribution >= 0.6 is 0 Å². The Labute approximate surface area is 140 Å². The van der Waals surface area contributed by atoms with Gasteiger partial charge in [-0.1, -0.05) is 38.3 Å². The number of fused-ring (bicyclic) bond motifs is 1. The summed E-state index contributed by atoms with van der Waals surface area (Å²) >= 11 is 0. The van der Waals surface area contributed by atoms with E-state index in [0.29, 0.717) is 11.5 Å². The van der Waals surface area contributed by atoms with Crippen molar-refractivity contribution in [1.82, 2.24) is 10.2 Å². The first-order valence-electron chi connectivity index (χ1n) is 9.20. The van der Waals surface area contributed by atoms with Crippen LogP contribution < -0.4 is 5.32 Å². The Morgan fingerprint density at radius 1 is 1.22 bits per heavy atom. The van der Waals surface area contributed by atoms with Crippen molar-refractivity contribution in [3.05, 3.63) is 35.6 Å². The van der Waals surface area contributed by atoms with Gasteiger partial charge in [0.1, 0.15) is 0 Å². The van der Waals surface area contributed by atoms with Gasteiger partial charge in [-0.15, -0.1) is 0 Å². The molecule has 0 spiro atoms. The number of amides is 1. The highest BCUT2D eigenvalue weighted by Crippen LogP contribution is 2.45. The van der Waals surface area contributed by atoms with Crippen LogP contribution in [0, 0.1) is 5.41 Å². The smallest absolute Gasteiger partial charge is 0.254 e. The van der Waals surface area contributed by atoms with Gasteiger partial charge in [0.2, 0.25) is 0 Å². The molecule has 3 rings (SSSR count). The first-order valence-corrected chi connectivity index (χ1v) is 9.20. The molecule has 3 nitrogen and oxygen atoms in total. The zero-order chi connectivity index (χ0) is 16.3. The summed E-state index contributed by atoms with van der Waals surface area (Å²) in [6, 6.07) is 0.427. The van der Waals surface area contributed by atoms with E-state index in [4.69, 9.17) is 0 Å². The molecule has 3 heteroatoms. The van der Waals surface area contributed by atoms with E-state index in [9.17, 15) is 4.79 Å². The quantitative estimate of drug-likeness (QED) is 0.837. The van der Waals surface area contributed by atoms with Crippen LogP contribution in [-0.4, -0.2) is 30.4 Å². The van der Waals surface area contributed by atoms with Gasteiger partial charge >= 0.3 is 0 Å². The van der Waals surface area contributed by atoms with Crippen molar-refractivity contribution < 1.29 is 4.79 Å². The fraction of sp³-hybridized carbons (Fsp3) is 0.650. The zero-order valence-corrected chi connectivity index (χ0v) is 14.6. The Morgan fingerprint density at radius 2 is 2.00 bits per heavy atom. The largest absolute Gasteiger partial charge is 0.391 e. The van der Waals surface area contributed by atoms with Crippen LogP contribution in [0.4, 0.5) is 0 Å². The molecule has 2 fully saturated rings. The zero-order valence-electron chi connectivity index (χ0n) is 14.6. The Morgan fingerprint density at radius 3 is 2.78 bits per heavy atom. The van der Waals surface area contributed by atoms with Crippen molar-refractivity contribution in [3.8, 4) is 0 Å². The molecule has 2 atom stereocenters. The lowest BCUT2D eigenvalue weighted by Crippen LogP contribution is -2.50. The molecule has 1 saturated heterocycles. The number of hydrogen-bond donors (Lipinski definition) is 1. The van der Waals surface area contributed by atoms with Crippen molar-refractivity contribution in [2.75, 3.05) is 13.6 Å². The Kier molecular flexibility index (Phi) is 4.93. The van der Waals surface area contributed by atoms with Crippen molar-refractivity contribution in [2.24, 2.45) is 5.41 Å². The third-order valence-corrected chi connectivity index (χ3v) is 5.98. The standard InChI is InChI=1S/C20H30N2O/c1-20-13-4-3-10-18(20)22(15-6-5-14-20)19(23)16-8-7-9-17(21-2)12-11-16/h7-8,11-12,18,21H,3-6,9-10,13-15H2,1-2H3. The molecule has 2 unspecified atom stereocenters. The second-order valence-electron chi connectivity index (χ2n) is 7.54. The lowest BCUT2D eigenvalue weighted by molar-refractivity contribution is -0.132. The second-order valence-corrected chi connectivity index (χ2v) is 7.54. The molecule has 0 bridgehead atoms. The van der Waals surface area contributed by atoms with Gasteiger partial charge in [0, 0.05) is 37.3 Å². The van der Waals surface area contributed by atoms with E-state index >= 15 is 0 Å². The van der Waals surface area contributed by atoms with E-state index in [1.807, 2.05) is 25.3 Å². The summed E-state index contributed by atoms with van der Waals surface area (Å²) in [6.45, 7) is 3.34. The average molecular weight is 314 g/mol. The minimum absolute atomic E-state index is 0.231. The summed E-state index contributed by atoms with van der Waals surface area (Å²) < 4.78 is 0. The van der Waals surface area contributed by atoms with Gasteiger partial charge in [-0.3, -0.25) is 4.79 Å². The molecule has 0 aromatic rings. The first-order chi connectivity index (χ1) is 11.1. The molecular formula is C20H30N2O. The van der Waals surface area contributed by atoms with E-state index in [0.717, 1.165) is 30.7 Å². The topological polar surface area (TPSA) is 32.3 Å². The third-order valence-electron chi connectivity index (χ3n) is 5.98. The monoisotopic (exact) mass is 314 g/mol. The second kappa shape index (κ2) is 6.94. The van der Waals surface area contributed by atoms with Crippen molar-refractivity contribution >= 4 is 5.91 Å². The first kappa shape index (κ1) is 16.4. The lowest BCUT2D eigenvalue weighted by Gasteiger charge is -2.46. The average Bonchev–Trinajstić information content (AvgIpc) is 2.90. The van der Waals surface area contributed by atoms with Gasteiger partial charge in [0.05, 0.1) is 0 Å². The molecule has 1 amide bonds. The molecule has 1 aliphatic heterocycles. The van der Waals surface area contributed by atoms with Crippen LogP contribution in [0.5, 0.6) is 0 Å². The number of likely N-dealkylation sites (tertiary alicyclic amines) is 1. The van der Waals surface area contributed by atoms with Gasteiger partial charge in [0.15, 0.2) is 0 Å². The molecule has 1 heterocycles. The normalized spacial score (nSPS) is 31.4. The highest BCUT2D eigenvalue weighted by atomic mass is 16.2. The van der Waals surface area contributed by atoms with Gasteiger partial charge in [-0.05, 0) is 43.3 Å². The summed E-state index contributed by atoms with van der Waals surface area (Å²) in [5, 5.41) is 3.18. The number of hydrogen-bond acceptors (Lipinski definition) is 2. The predicted octanol–water partition coefficient (Wildman–Crippen LogP) is 3.94. The van der Waals surface area contributed by atoms with Crippen LogP contribution in [0.2, 0.25) is 0 Å². The molecule has 1 N–H and O–H groups in total. The van der Waals surface area contributed by atoms with Crippen LogP contribution in [0.3, 0.4) is 0 Å². The molecule has 2 aliphatic carbocycles. The lowest BCUT2D eigenvalue weighted by atomic mass is 9.69. The number of nitrogens with zero attached hydrogens (tertiary/aromatic N) is 1. The summed E-state index contributed by atoms with van der Waals surface area (Å²) in [7, 11) is 1.93. The predicted molar refractivity (Wildman–Crippen MR) is 94.9 cm³/mol. The van der Waals surface area contributed by atoms with E-state index in [1.165, 1.54) is 38.5 Å². The Hall–Kier alpha value is -1.51. The van der Waals surface area contributed by atoms with Gasteiger partial charge in [0.25, 0.3) is 5.91 Å². The highest BCUT2D eigenvalue weighted by molar-refractivity contribution is 5.97. The molecule has 0 aromatic heterocycles. The molecule has 23 heavy (non-hydrogen) atoms. The van der Waals surface area contributed by atoms with Crippen LogP contribution in [0.1, 0.15) is 58.3 Å². The van der Waals surface area contributed by atoms with E-state index in [2.05, 4.69) is 23.2 Å². The van der Waals surface area contributed by atoms with Gasteiger partial charge < -0.3 is 10.2 Å². The van der Waals surface area contributed by atoms with Crippen LogP contribution in [0.25, 0.3) is 0 Å². The minimum Gasteiger partial charge on any atom is -0.391 e. The van der Waals surface area contributed by atoms with E-state index < -0.39 is 0 Å². The van der Waals surface area contributed by atoms with E-state index in [-0.39, 0.29) is 5.91 Å². The SMILES string of the molecule is CNC1=CC=C(C(=O)N2CCCCC3(C)CCCCC23)C=CC1. The molecule has 3 aliphatic rings. The number of carbonyl (C=O) groups excluding carboxylic acids is 1. The number of nitrogens with one attached hydrogen (secondary N) is 1. The molecule has 0 aromatic carbocycles. The Bertz CT molecular complexity index is 546. The summed E-state index contributed by atoms with van der Waals surface area (Å²) in [4.78, 5) is 15.4. The maximum absolute atomic E-state index is 13.2. The molecule has 0 radical (unpaired) electrons. The highest BCUT2D eigenvalue weighted by Gasteiger charge is 2.42. The summed E-state index contributed by atoms with van der Waals surface area (Å²) in [5.41, 5.74) is 2.32. The van der Waals surface area contributed by atoms with Crippen LogP contribution in [-0.2, 0) is 4.79 Å². The molecular weight excluding hydrogens is 284 g/mol. The van der Waals surface area contributed by atoms with Gasteiger partial charge in [-0.25, -0.2) is 0 Å². The Balaban J connectivity index is 1.85. The number of carbonyl (C=O) groups is 1. The minimum atomic E-state index is 0.231. The maximum atomic E-state index is 13.2. The molecule has 1 saturated carbocycles.